The van der Waals surface area contributed by atoms with Crippen molar-refractivity contribution in [3.05, 3.63) is 42.3 Å². The van der Waals surface area contributed by atoms with Gasteiger partial charge in [0.15, 0.2) is 5.76 Å². The Labute approximate surface area is 177 Å². The largest absolute Gasteiger partial charge is 0.373 e. The second-order valence-electron chi connectivity index (χ2n) is 8.00. The number of hydrogen-bond acceptors (Lipinski definition) is 8. The van der Waals surface area contributed by atoms with Crippen LogP contribution in [0.5, 0.6) is 0 Å². The van der Waals surface area contributed by atoms with Crippen LogP contribution in [0, 0.1) is 0 Å². The van der Waals surface area contributed by atoms with Crippen LogP contribution >= 0.6 is 0 Å². The first-order chi connectivity index (χ1) is 14.9. The van der Waals surface area contributed by atoms with Gasteiger partial charge in [0, 0.05) is 38.3 Å². The minimum atomic E-state index is -1.70. The number of nitrogens with one attached hydrogen (secondary N) is 1. The molecule has 3 aromatic rings. The number of likely N-dealkylation sites (tertiary alicyclic amines) is 1. The molecule has 2 fully saturated rings. The number of amides is 1. The topological polar surface area (TPSA) is 117 Å². The van der Waals surface area contributed by atoms with Gasteiger partial charge in [0.25, 0.3) is 5.91 Å². The van der Waals surface area contributed by atoms with Crippen LogP contribution in [0.25, 0.3) is 22.8 Å². The van der Waals surface area contributed by atoms with E-state index >= 15 is 0 Å². The zero-order valence-electron chi connectivity index (χ0n) is 16.8. The van der Waals surface area contributed by atoms with Crippen molar-refractivity contribution in [1.82, 2.24) is 25.0 Å². The van der Waals surface area contributed by atoms with Gasteiger partial charge in [-0.05, 0) is 31.0 Å². The predicted octanol–water partition coefficient (Wildman–Crippen LogP) is 2.16. The summed E-state index contributed by atoms with van der Waals surface area (Å²) in [6.45, 7) is 0.441. The monoisotopic (exact) mass is 424 g/mol. The van der Waals surface area contributed by atoms with E-state index in [1.165, 1.54) is 4.90 Å². The van der Waals surface area contributed by atoms with Crippen LogP contribution in [-0.4, -0.2) is 61.8 Å². The maximum absolute atomic E-state index is 13.0. The molecule has 3 aromatic heterocycles. The third-order valence-corrected chi connectivity index (χ3v) is 5.77. The molecule has 0 aromatic carbocycles. The predicted molar refractivity (Wildman–Crippen MR) is 108 cm³/mol. The molecular formula is C21H21FN6O3. The molecule has 1 saturated heterocycles. The van der Waals surface area contributed by atoms with E-state index in [2.05, 4.69) is 25.4 Å². The van der Waals surface area contributed by atoms with Crippen LogP contribution in [0.3, 0.4) is 0 Å². The summed E-state index contributed by atoms with van der Waals surface area (Å²) in [7, 11) is 1.63. The Morgan fingerprint density at radius 2 is 1.94 bits per heavy atom. The summed E-state index contributed by atoms with van der Waals surface area (Å²) in [5, 5.41) is 17.9. The van der Waals surface area contributed by atoms with Crippen molar-refractivity contribution in [3.63, 3.8) is 0 Å². The molecule has 0 radical (unpaired) electrons. The number of carbonyl (C=O) groups excluding carboxylic acids is 1. The van der Waals surface area contributed by atoms with Crippen molar-refractivity contribution in [2.45, 2.75) is 37.1 Å². The van der Waals surface area contributed by atoms with Crippen molar-refractivity contribution < 1.29 is 18.8 Å². The first kappa shape index (κ1) is 19.6. The van der Waals surface area contributed by atoms with E-state index < -0.39 is 17.7 Å². The molecular weight excluding hydrogens is 403 g/mol. The van der Waals surface area contributed by atoms with Gasteiger partial charge in [-0.1, -0.05) is 11.2 Å². The molecule has 2 N–H and O–H groups in total. The third-order valence-electron chi connectivity index (χ3n) is 5.77. The second kappa shape index (κ2) is 7.38. The molecule has 0 bridgehead atoms. The number of carbonyl (C=O) groups is 1. The molecule has 160 valence electrons. The molecule has 31 heavy (non-hydrogen) atoms. The number of hydrogen-bond donors (Lipinski definition) is 2. The normalized spacial score (nSPS) is 25.5. The molecule has 5 rings (SSSR count). The molecule has 1 saturated carbocycles. The smallest absolute Gasteiger partial charge is 0.262 e. The fraction of sp³-hybridized carbons (Fsp3) is 0.381. The molecule has 4 heterocycles. The number of aromatic nitrogens is 4. The summed E-state index contributed by atoms with van der Waals surface area (Å²) in [6, 6.07) is 8.69. The average Bonchev–Trinajstić information content (AvgIpc) is 3.36. The van der Waals surface area contributed by atoms with Crippen LogP contribution in [0.15, 0.2) is 41.1 Å². The lowest BCUT2D eigenvalue weighted by Crippen LogP contribution is -2.37. The van der Waals surface area contributed by atoms with E-state index in [9.17, 15) is 14.3 Å². The minimum Gasteiger partial charge on any atom is -0.373 e. The van der Waals surface area contributed by atoms with Gasteiger partial charge in [-0.2, -0.15) is 0 Å². The fourth-order valence-electron chi connectivity index (χ4n) is 3.81. The Bertz CT molecular complexity index is 1130. The number of alkyl halides is 1. The number of rotatable bonds is 5. The van der Waals surface area contributed by atoms with Gasteiger partial charge < -0.3 is 19.8 Å². The van der Waals surface area contributed by atoms with Crippen molar-refractivity contribution in [2.24, 2.45) is 0 Å². The van der Waals surface area contributed by atoms with Gasteiger partial charge >= 0.3 is 0 Å². The molecule has 2 aliphatic rings. The van der Waals surface area contributed by atoms with Gasteiger partial charge in [0.05, 0.1) is 17.1 Å². The molecule has 0 unspecified atom stereocenters. The Morgan fingerprint density at radius 1 is 1.19 bits per heavy atom. The number of likely N-dealkylation sites (N-methyl/N-ethyl adjacent to an activating group) is 1. The van der Waals surface area contributed by atoms with Crippen LogP contribution < -0.4 is 5.32 Å². The SMILES string of the molecule is CN1CC[C@@](O)(c2cc(-c3cccc(-c4ccnc(NC5CC(F)C5)n4)n3)no2)C1=O. The highest BCUT2D eigenvalue weighted by molar-refractivity contribution is 5.87. The maximum atomic E-state index is 13.0. The second-order valence-corrected chi connectivity index (χ2v) is 8.00. The number of pyridine rings is 1. The minimum absolute atomic E-state index is 0.0428. The van der Waals surface area contributed by atoms with Gasteiger partial charge in [-0.15, -0.1) is 0 Å². The lowest BCUT2D eigenvalue weighted by atomic mass is 9.91. The standard InChI is InChI=1S/C21H21FN6O3/c1-28-8-6-21(30,19(28)29)18-11-17(27-31-18)15-4-2-3-14(25-15)16-5-7-23-20(26-16)24-13-9-12(22)10-13/h2-5,7,11-13,30H,6,8-10H2,1H3,(H,23,24,26)/t12?,13?,21-/m1/s1. The summed E-state index contributed by atoms with van der Waals surface area (Å²) in [5.41, 5.74) is 0.418. The van der Waals surface area contributed by atoms with E-state index in [0.29, 0.717) is 48.1 Å². The number of anilines is 1. The summed E-state index contributed by atoms with van der Waals surface area (Å²) in [4.78, 5) is 27.0. The van der Waals surface area contributed by atoms with Crippen molar-refractivity contribution in [3.8, 4) is 22.8 Å². The van der Waals surface area contributed by atoms with E-state index in [0.717, 1.165) is 0 Å². The average molecular weight is 424 g/mol. The first-order valence-electron chi connectivity index (χ1n) is 10.1. The quantitative estimate of drug-likeness (QED) is 0.640. The van der Waals surface area contributed by atoms with Crippen LogP contribution in [0.4, 0.5) is 10.3 Å². The van der Waals surface area contributed by atoms with Crippen molar-refractivity contribution in [2.75, 3.05) is 18.9 Å². The molecule has 0 spiro atoms. The van der Waals surface area contributed by atoms with E-state index in [1.54, 1.807) is 37.5 Å². The Kier molecular flexibility index (Phi) is 4.66. The summed E-state index contributed by atoms with van der Waals surface area (Å²) < 4.78 is 18.4. The summed E-state index contributed by atoms with van der Waals surface area (Å²) >= 11 is 0. The number of halogens is 1. The molecule has 1 amide bonds. The van der Waals surface area contributed by atoms with Crippen LogP contribution in [-0.2, 0) is 10.4 Å². The lowest BCUT2D eigenvalue weighted by molar-refractivity contribution is -0.144. The number of aliphatic hydroxyl groups is 1. The number of nitrogens with zero attached hydrogens (tertiary/aromatic N) is 5. The van der Waals surface area contributed by atoms with E-state index in [4.69, 9.17) is 4.52 Å². The highest BCUT2D eigenvalue weighted by Gasteiger charge is 2.48. The van der Waals surface area contributed by atoms with E-state index in [1.807, 2.05) is 6.07 Å². The van der Waals surface area contributed by atoms with Gasteiger partial charge in [0.2, 0.25) is 11.5 Å². The van der Waals surface area contributed by atoms with Crippen LogP contribution in [0.1, 0.15) is 25.0 Å². The molecule has 9 nitrogen and oxygen atoms in total. The third kappa shape index (κ3) is 3.52. The summed E-state index contributed by atoms with van der Waals surface area (Å²) in [5.74, 6) is 0.115. The van der Waals surface area contributed by atoms with Gasteiger partial charge in [0.1, 0.15) is 11.9 Å². The zero-order valence-corrected chi connectivity index (χ0v) is 16.8. The maximum Gasteiger partial charge on any atom is 0.262 e. The Hall–Kier alpha value is -3.40. The van der Waals surface area contributed by atoms with Gasteiger partial charge in [-0.3, -0.25) is 4.79 Å². The molecule has 1 aliphatic heterocycles. The fourth-order valence-corrected chi connectivity index (χ4v) is 3.81. The first-order valence-corrected chi connectivity index (χ1v) is 10.1. The van der Waals surface area contributed by atoms with Gasteiger partial charge in [-0.25, -0.2) is 19.3 Å². The Morgan fingerprint density at radius 3 is 2.65 bits per heavy atom. The molecule has 10 heteroatoms. The Balaban J connectivity index is 1.39. The van der Waals surface area contributed by atoms with E-state index in [-0.39, 0.29) is 18.2 Å². The van der Waals surface area contributed by atoms with Crippen molar-refractivity contribution >= 4 is 11.9 Å². The van der Waals surface area contributed by atoms with Crippen LogP contribution in [0.2, 0.25) is 0 Å². The highest BCUT2D eigenvalue weighted by atomic mass is 19.1. The lowest BCUT2D eigenvalue weighted by Gasteiger charge is -2.30. The molecule has 1 atom stereocenters. The molecule has 1 aliphatic carbocycles. The van der Waals surface area contributed by atoms with Crippen molar-refractivity contribution in [1.29, 1.82) is 0 Å². The summed E-state index contributed by atoms with van der Waals surface area (Å²) in [6.07, 6.45) is 2.02. The highest BCUT2D eigenvalue weighted by Crippen LogP contribution is 2.34. The zero-order chi connectivity index (χ0) is 21.6.